The van der Waals surface area contributed by atoms with Crippen LogP contribution in [0.25, 0.3) is 0 Å². The molecule has 5 atom stereocenters. The maximum absolute atomic E-state index is 13.3. The standard InChI is InChI=1S/C20H25FN3O10P/c1-3-31-16(26)10-22-35(30,34-13-6-4-12(21)5-7-13)32-11-14-17(27)20(2,29)18(33-14)24-9-8-15(25)23-19(24)28/h4-9,14,17-18,27,29H,3,10-11H2,1-2H3,(H,22,30)(H,23,25,28)/t14-,17-,18-,20-,35?/m1/s1/i8D,9D. The lowest BCUT2D eigenvalue weighted by Gasteiger charge is -2.27. The number of hydrogen-bond donors (Lipinski definition) is 4. The lowest BCUT2D eigenvalue weighted by atomic mass is 9.96. The second-order valence-electron chi connectivity index (χ2n) is 7.54. The van der Waals surface area contributed by atoms with E-state index in [2.05, 4.69) is 5.09 Å². The molecular formula is C20H25FN3O10P. The quantitative estimate of drug-likeness (QED) is 0.246. The number of carbonyl (C=O) groups excluding carboxylic acids is 1. The van der Waals surface area contributed by atoms with E-state index in [0.717, 1.165) is 31.2 Å². The number of aromatic nitrogens is 2. The van der Waals surface area contributed by atoms with Crippen LogP contribution >= 0.6 is 7.75 Å². The van der Waals surface area contributed by atoms with Crippen LogP contribution in [-0.4, -0.2) is 63.3 Å². The van der Waals surface area contributed by atoms with Crippen LogP contribution in [0.2, 0.25) is 0 Å². The largest absolute Gasteiger partial charge is 0.465 e. The van der Waals surface area contributed by atoms with Crippen LogP contribution in [0.1, 0.15) is 22.8 Å². The molecule has 0 bridgehead atoms. The molecule has 2 aromatic rings. The summed E-state index contributed by atoms with van der Waals surface area (Å²) in [6.07, 6.45) is -5.88. The Morgan fingerprint density at radius 3 is 2.74 bits per heavy atom. The van der Waals surface area contributed by atoms with Crippen molar-refractivity contribution in [3.8, 4) is 5.75 Å². The van der Waals surface area contributed by atoms with E-state index in [-0.39, 0.29) is 12.4 Å². The van der Waals surface area contributed by atoms with Crippen molar-refractivity contribution < 1.29 is 45.2 Å². The van der Waals surface area contributed by atoms with Gasteiger partial charge in [-0.1, -0.05) is 0 Å². The van der Waals surface area contributed by atoms with Gasteiger partial charge in [0.1, 0.15) is 35.9 Å². The van der Waals surface area contributed by atoms with E-state index in [0.29, 0.717) is 4.57 Å². The van der Waals surface area contributed by atoms with Crippen LogP contribution in [0.3, 0.4) is 0 Å². The second-order valence-corrected chi connectivity index (χ2v) is 9.29. The summed E-state index contributed by atoms with van der Waals surface area (Å²) in [6, 6.07) is 3.47. The minimum atomic E-state index is -4.41. The normalized spacial score (nSPS) is 26.5. The number of nitrogens with one attached hydrogen (secondary N) is 2. The summed E-state index contributed by atoms with van der Waals surface area (Å²) in [5, 5.41) is 23.8. The molecule has 2 heterocycles. The fourth-order valence-corrected chi connectivity index (χ4v) is 4.43. The van der Waals surface area contributed by atoms with E-state index in [1.54, 1.807) is 6.92 Å². The minimum absolute atomic E-state index is 0.0468. The average molecular weight is 519 g/mol. The highest BCUT2D eigenvalue weighted by Crippen LogP contribution is 2.46. The number of aromatic amines is 1. The van der Waals surface area contributed by atoms with E-state index in [1.165, 1.54) is 0 Å². The van der Waals surface area contributed by atoms with E-state index in [1.807, 2.05) is 4.98 Å². The summed E-state index contributed by atoms with van der Waals surface area (Å²) >= 11 is 0. The molecule has 1 aliphatic rings. The van der Waals surface area contributed by atoms with E-state index in [4.69, 9.17) is 21.3 Å². The Balaban J connectivity index is 1.83. The van der Waals surface area contributed by atoms with Crippen LogP contribution in [0, 0.1) is 5.82 Å². The number of halogens is 1. The number of rotatable bonds is 10. The Morgan fingerprint density at radius 2 is 2.09 bits per heavy atom. The van der Waals surface area contributed by atoms with Crippen LogP contribution in [-0.2, 0) is 23.4 Å². The Morgan fingerprint density at radius 1 is 1.40 bits per heavy atom. The SMILES string of the molecule is [2H]c1c([2H])n([C@@H]2O[C@H](COP(=O)(NCC(=O)OCC)Oc3ccc(F)cc3)[C@@H](O)[C@@]2(C)O)c(=O)[nH]c1=O. The highest BCUT2D eigenvalue weighted by molar-refractivity contribution is 7.52. The number of aliphatic hydroxyl groups excluding tert-OH is 1. The minimum Gasteiger partial charge on any atom is -0.465 e. The Hall–Kier alpha value is -2.87. The van der Waals surface area contributed by atoms with Crippen molar-refractivity contribution in [1.29, 1.82) is 0 Å². The number of aliphatic hydroxyl groups is 2. The fourth-order valence-electron chi connectivity index (χ4n) is 3.15. The summed E-state index contributed by atoms with van der Waals surface area (Å²) in [5.74, 6) is -1.48. The molecule has 192 valence electrons. The third-order valence-electron chi connectivity index (χ3n) is 4.89. The number of benzene rings is 1. The first-order valence-electron chi connectivity index (χ1n) is 11.3. The van der Waals surface area contributed by atoms with Crippen molar-refractivity contribution in [2.24, 2.45) is 0 Å². The zero-order valence-electron chi connectivity index (χ0n) is 20.6. The van der Waals surface area contributed by atoms with Gasteiger partial charge in [0, 0.05) is 12.2 Å². The topological polar surface area (TPSA) is 178 Å². The van der Waals surface area contributed by atoms with Crippen molar-refractivity contribution in [2.45, 2.75) is 37.9 Å². The second kappa shape index (κ2) is 10.8. The number of carbonyl (C=O) groups is 1. The molecule has 1 aromatic heterocycles. The van der Waals surface area contributed by atoms with Crippen LogP contribution in [0.4, 0.5) is 4.39 Å². The van der Waals surface area contributed by atoms with Crippen molar-refractivity contribution in [2.75, 3.05) is 19.8 Å². The third kappa shape index (κ3) is 6.42. The highest BCUT2D eigenvalue weighted by atomic mass is 31.2. The van der Waals surface area contributed by atoms with Gasteiger partial charge >= 0.3 is 19.4 Å². The van der Waals surface area contributed by atoms with Crippen molar-refractivity contribution in [3.05, 3.63) is 63.1 Å². The van der Waals surface area contributed by atoms with Gasteiger partial charge in [-0.05, 0) is 38.1 Å². The summed E-state index contributed by atoms with van der Waals surface area (Å²) < 4.78 is 63.5. The number of nitrogens with zero attached hydrogens (tertiary/aromatic N) is 1. The van der Waals surface area contributed by atoms with Gasteiger partial charge in [-0.2, -0.15) is 0 Å². The van der Waals surface area contributed by atoms with Crippen molar-refractivity contribution in [1.82, 2.24) is 14.6 Å². The molecule has 0 spiro atoms. The molecule has 3 rings (SSSR count). The van der Waals surface area contributed by atoms with Gasteiger partial charge in [0.15, 0.2) is 6.23 Å². The highest BCUT2D eigenvalue weighted by Gasteiger charge is 2.54. The van der Waals surface area contributed by atoms with Crippen LogP contribution < -0.4 is 20.9 Å². The molecule has 1 aromatic carbocycles. The van der Waals surface area contributed by atoms with E-state index in [9.17, 15) is 33.6 Å². The molecule has 15 heteroatoms. The van der Waals surface area contributed by atoms with Crippen LogP contribution in [0.15, 0.2) is 46.1 Å². The zero-order chi connectivity index (χ0) is 27.5. The predicted molar refractivity (Wildman–Crippen MR) is 117 cm³/mol. The molecule has 4 N–H and O–H groups in total. The van der Waals surface area contributed by atoms with E-state index >= 15 is 0 Å². The van der Waals surface area contributed by atoms with Crippen molar-refractivity contribution >= 4 is 13.7 Å². The smallest absolute Gasteiger partial charge is 0.459 e. The first-order valence-corrected chi connectivity index (χ1v) is 11.8. The lowest BCUT2D eigenvalue weighted by molar-refractivity contribution is -0.141. The first kappa shape index (κ1) is 23.9. The number of esters is 1. The van der Waals surface area contributed by atoms with Crippen LogP contribution in [0.5, 0.6) is 5.75 Å². The zero-order valence-corrected chi connectivity index (χ0v) is 19.5. The van der Waals surface area contributed by atoms with Gasteiger partial charge in [-0.15, -0.1) is 0 Å². The summed E-state index contributed by atoms with van der Waals surface area (Å²) in [6.45, 7) is 1.34. The molecule has 0 saturated carbocycles. The summed E-state index contributed by atoms with van der Waals surface area (Å²) in [4.78, 5) is 37.5. The van der Waals surface area contributed by atoms with Gasteiger partial charge in [0.05, 0.1) is 16.0 Å². The molecular weight excluding hydrogens is 492 g/mol. The molecule has 0 radical (unpaired) electrons. The van der Waals surface area contributed by atoms with Gasteiger partial charge in [0.2, 0.25) is 0 Å². The predicted octanol–water partition coefficient (Wildman–Crippen LogP) is 0.0414. The lowest BCUT2D eigenvalue weighted by Crippen LogP contribution is -2.46. The summed E-state index contributed by atoms with van der Waals surface area (Å²) in [5.41, 5.74) is -4.54. The van der Waals surface area contributed by atoms with Gasteiger partial charge < -0.3 is 24.2 Å². The molecule has 0 aliphatic carbocycles. The van der Waals surface area contributed by atoms with E-state index < -0.39 is 80.2 Å². The first-order chi connectivity index (χ1) is 17.3. The molecule has 0 amide bonds. The maximum Gasteiger partial charge on any atom is 0.459 e. The third-order valence-corrected chi connectivity index (χ3v) is 6.37. The average Bonchev–Trinajstić information content (AvgIpc) is 3.05. The Labute approximate surface area is 200 Å². The molecule has 1 unspecified atom stereocenters. The van der Waals surface area contributed by atoms with Gasteiger partial charge in [0.25, 0.3) is 5.56 Å². The number of ether oxygens (including phenoxy) is 2. The van der Waals surface area contributed by atoms with Gasteiger partial charge in [-0.3, -0.25) is 23.7 Å². The number of hydrogen-bond acceptors (Lipinski definition) is 10. The summed E-state index contributed by atoms with van der Waals surface area (Å²) in [7, 11) is -4.41. The van der Waals surface area contributed by atoms with Crippen molar-refractivity contribution in [3.63, 3.8) is 0 Å². The Kier molecular flexibility index (Phi) is 7.37. The van der Waals surface area contributed by atoms with Gasteiger partial charge in [-0.25, -0.2) is 18.8 Å². The Bertz CT molecular complexity index is 1300. The molecule has 1 saturated heterocycles. The fraction of sp³-hybridized carbons (Fsp3) is 0.450. The molecule has 35 heavy (non-hydrogen) atoms. The molecule has 13 nitrogen and oxygen atoms in total. The molecule has 1 fully saturated rings. The molecule has 1 aliphatic heterocycles. The maximum atomic E-state index is 13.3. The number of H-pyrrole nitrogens is 1. The monoisotopic (exact) mass is 519 g/mol.